The Labute approximate surface area is 153 Å². The van der Waals surface area contributed by atoms with E-state index in [1.807, 2.05) is 20.8 Å². The molecule has 1 aliphatic rings. The van der Waals surface area contributed by atoms with Gasteiger partial charge >= 0.3 is 12.0 Å². The van der Waals surface area contributed by atoms with Crippen molar-refractivity contribution in [3.63, 3.8) is 0 Å². The third kappa shape index (κ3) is 4.47. The number of methoxy groups -OCH3 is 1. The van der Waals surface area contributed by atoms with Crippen LogP contribution in [0, 0.1) is 5.92 Å². The summed E-state index contributed by atoms with van der Waals surface area (Å²) in [5.41, 5.74) is 1.55. The second-order valence-corrected chi connectivity index (χ2v) is 6.41. The Kier molecular flexibility index (Phi) is 6.49. The zero-order chi connectivity index (χ0) is 19.3. The molecule has 0 radical (unpaired) electrons. The number of urea groups is 1. The Morgan fingerprint density at radius 1 is 1.27 bits per heavy atom. The molecule has 1 aromatic carbocycles. The van der Waals surface area contributed by atoms with E-state index < -0.39 is 12.0 Å². The maximum Gasteiger partial charge on any atom is 0.338 e. The zero-order valence-corrected chi connectivity index (χ0v) is 15.8. The van der Waals surface area contributed by atoms with Gasteiger partial charge in [-0.05, 0) is 37.5 Å². The standard InChI is InChI=1S/C19H26N2O5/c1-6-25-14-8-7-13(9-15(14)24-5)17-16(12(4)20-19(23)21-17)18(22)26-10-11(2)3/h7-9,11,17H,6,10H2,1-5H3,(H2,20,21,23). The normalized spacial score (nSPS) is 16.8. The predicted octanol–water partition coefficient (Wildman–Crippen LogP) is 2.92. The lowest BCUT2D eigenvalue weighted by Gasteiger charge is -2.28. The van der Waals surface area contributed by atoms with Crippen LogP contribution in [0.5, 0.6) is 11.5 Å². The van der Waals surface area contributed by atoms with Gasteiger partial charge in [0.05, 0.1) is 31.9 Å². The topological polar surface area (TPSA) is 85.9 Å². The lowest BCUT2D eigenvalue weighted by molar-refractivity contribution is -0.140. The molecule has 0 spiro atoms. The van der Waals surface area contributed by atoms with E-state index in [2.05, 4.69) is 10.6 Å². The molecule has 0 saturated heterocycles. The van der Waals surface area contributed by atoms with Crippen LogP contribution in [0.3, 0.4) is 0 Å². The van der Waals surface area contributed by atoms with Crippen molar-refractivity contribution in [2.24, 2.45) is 5.92 Å². The van der Waals surface area contributed by atoms with Gasteiger partial charge in [-0.25, -0.2) is 9.59 Å². The minimum atomic E-state index is -0.631. The second-order valence-electron chi connectivity index (χ2n) is 6.41. The van der Waals surface area contributed by atoms with Gasteiger partial charge in [0.1, 0.15) is 0 Å². The first-order chi connectivity index (χ1) is 12.4. The summed E-state index contributed by atoms with van der Waals surface area (Å²) in [6.45, 7) is 8.31. The molecule has 2 amide bonds. The number of ether oxygens (including phenoxy) is 3. The van der Waals surface area contributed by atoms with Gasteiger partial charge in [-0.3, -0.25) is 0 Å². The number of hydrogen-bond donors (Lipinski definition) is 2. The average Bonchev–Trinajstić information content (AvgIpc) is 2.59. The monoisotopic (exact) mass is 362 g/mol. The Bertz CT molecular complexity index is 712. The van der Waals surface area contributed by atoms with Gasteiger partial charge < -0.3 is 24.8 Å². The van der Waals surface area contributed by atoms with Crippen molar-refractivity contribution < 1.29 is 23.8 Å². The average molecular weight is 362 g/mol. The summed E-state index contributed by atoms with van der Waals surface area (Å²) in [6, 6.07) is 4.31. The first-order valence-electron chi connectivity index (χ1n) is 8.63. The largest absolute Gasteiger partial charge is 0.493 e. The van der Waals surface area contributed by atoms with Crippen molar-refractivity contribution in [3.8, 4) is 11.5 Å². The van der Waals surface area contributed by atoms with Crippen LogP contribution in [0.1, 0.15) is 39.3 Å². The van der Waals surface area contributed by atoms with Gasteiger partial charge in [-0.15, -0.1) is 0 Å². The van der Waals surface area contributed by atoms with Crippen LogP contribution in [0.4, 0.5) is 4.79 Å². The smallest absolute Gasteiger partial charge is 0.338 e. The van der Waals surface area contributed by atoms with Crippen molar-refractivity contribution in [1.29, 1.82) is 0 Å². The van der Waals surface area contributed by atoms with E-state index in [1.54, 1.807) is 32.2 Å². The molecule has 2 N–H and O–H groups in total. The van der Waals surface area contributed by atoms with Crippen molar-refractivity contribution in [2.75, 3.05) is 20.3 Å². The number of nitrogens with one attached hydrogen (secondary N) is 2. The van der Waals surface area contributed by atoms with Crippen LogP contribution in [0.15, 0.2) is 29.5 Å². The van der Waals surface area contributed by atoms with Gasteiger partial charge in [0.15, 0.2) is 11.5 Å². The van der Waals surface area contributed by atoms with Gasteiger partial charge in [0.25, 0.3) is 0 Å². The van der Waals surface area contributed by atoms with E-state index >= 15 is 0 Å². The molecule has 1 atom stereocenters. The minimum Gasteiger partial charge on any atom is -0.493 e. The molecule has 7 heteroatoms. The highest BCUT2D eigenvalue weighted by atomic mass is 16.5. The Morgan fingerprint density at radius 2 is 2.00 bits per heavy atom. The summed E-state index contributed by atoms with van der Waals surface area (Å²) in [4.78, 5) is 24.6. The summed E-state index contributed by atoms with van der Waals surface area (Å²) >= 11 is 0. The molecule has 2 rings (SSSR count). The molecule has 0 aromatic heterocycles. The Balaban J connectivity index is 2.39. The molecular weight excluding hydrogens is 336 g/mol. The number of esters is 1. The number of benzene rings is 1. The van der Waals surface area contributed by atoms with Gasteiger partial charge in [0.2, 0.25) is 0 Å². The molecular formula is C19H26N2O5. The lowest BCUT2D eigenvalue weighted by atomic mass is 9.95. The quantitative estimate of drug-likeness (QED) is 0.729. The lowest BCUT2D eigenvalue weighted by Crippen LogP contribution is -2.45. The summed E-state index contributed by atoms with van der Waals surface area (Å²) in [5, 5.41) is 5.41. The molecule has 0 bridgehead atoms. The predicted molar refractivity (Wildman–Crippen MR) is 97.1 cm³/mol. The summed E-state index contributed by atoms with van der Waals surface area (Å²) in [5.74, 6) is 0.893. The van der Waals surface area contributed by atoms with Crippen molar-refractivity contribution in [3.05, 3.63) is 35.0 Å². The molecule has 1 heterocycles. The molecule has 26 heavy (non-hydrogen) atoms. The third-order valence-electron chi connectivity index (χ3n) is 3.86. The van der Waals surface area contributed by atoms with Crippen LogP contribution in [-0.4, -0.2) is 32.3 Å². The highest BCUT2D eigenvalue weighted by molar-refractivity contribution is 5.95. The van der Waals surface area contributed by atoms with E-state index in [4.69, 9.17) is 14.2 Å². The van der Waals surface area contributed by atoms with Crippen molar-refractivity contribution in [1.82, 2.24) is 10.6 Å². The first kappa shape index (κ1) is 19.6. The fraction of sp³-hybridized carbons (Fsp3) is 0.474. The maximum absolute atomic E-state index is 12.6. The SMILES string of the molecule is CCOc1ccc(C2NC(=O)NC(C)=C2C(=O)OCC(C)C)cc1OC. The van der Waals surface area contributed by atoms with Crippen LogP contribution in [0.2, 0.25) is 0 Å². The molecule has 1 aromatic rings. The maximum atomic E-state index is 12.6. The second kappa shape index (κ2) is 8.60. The van der Waals surface area contributed by atoms with Gasteiger partial charge in [-0.2, -0.15) is 0 Å². The van der Waals surface area contributed by atoms with E-state index in [0.717, 1.165) is 0 Å². The summed E-state index contributed by atoms with van der Waals surface area (Å²) in [7, 11) is 1.54. The fourth-order valence-electron chi connectivity index (χ4n) is 2.67. The summed E-state index contributed by atoms with van der Waals surface area (Å²) < 4.78 is 16.3. The molecule has 7 nitrogen and oxygen atoms in total. The van der Waals surface area contributed by atoms with E-state index in [0.29, 0.717) is 41.5 Å². The number of carbonyl (C=O) groups is 2. The Morgan fingerprint density at radius 3 is 2.62 bits per heavy atom. The molecule has 0 saturated carbocycles. The molecule has 1 unspecified atom stereocenters. The van der Waals surface area contributed by atoms with Crippen LogP contribution in [-0.2, 0) is 9.53 Å². The number of allylic oxidation sites excluding steroid dienone is 1. The molecule has 0 fully saturated rings. The minimum absolute atomic E-state index is 0.218. The number of hydrogen-bond acceptors (Lipinski definition) is 5. The Hall–Kier alpha value is -2.70. The van der Waals surface area contributed by atoms with Crippen LogP contribution >= 0.6 is 0 Å². The van der Waals surface area contributed by atoms with Crippen molar-refractivity contribution in [2.45, 2.75) is 33.7 Å². The zero-order valence-electron chi connectivity index (χ0n) is 15.8. The van der Waals surface area contributed by atoms with E-state index in [-0.39, 0.29) is 11.9 Å². The molecule has 1 aliphatic heterocycles. The first-order valence-corrected chi connectivity index (χ1v) is 8.63. The number of amides is 2. The van der Waals surface area contributed by atoms with Gasteiger partial charge in [0, 0.05) is 5.70 Å². The van der Waals surface area contributed by atoms with Crippen LogP contribution < -0.4 is 20.1 Å². The number of rotatable bonds is 7. The van der Waals surface area contributed by atoms with E-state index in [9.17, 15) is 9.59 Å². The van der Waals surface area contributed by atoms with E-state index in [1.165, 1.54) is 0 Å². The fourth-order valence-corrected chi connectivity index (χ4v) is 2.67. The highest BCUT2D eigenvalue weighted by Crippen LogP contribution is 2.34. The highest BCUT2D eigenvalue weighted by Gasteiger charge is 2.32. The van der Waals surface area contributed by atoms with Crippen LogP contribution in [0.25, 0.3) is 0 Å². The molecule has 0 aliphatic carbocycles. The summed E-state index contributed by atoms with van der Waals surface area (Å²) in [6.07, 6.45) is 0. The third-order valence-corrected chi connectivity index (χ3v) is 3.86. The van der Waals surface area contributed by atoms with Gasteiger partial charge in [-0.1, -0.05) is 19.9 Å². The van der Waals surface area contributed by atoms with Crippen molar-refractivity contribution >= 4 is 12.0 Å². The molecule has 142 valence electrons. The number of carbonyl (C=O) groups excluding carboxylic acids is 2.